The molecule has 3 aromatic rings. The predicted octanol–water partition coefficient (Wildman–Crippen LogP) is 2.48. The van der Waals surface area contributed by atoms with Crippen LogP contribution in [0, 0.1) is 22.7 Å². The lowest BCUT2D eigenvalue weighted by Crippen LogP contribution is -2.47. The first-order valence-electron chi connectivity index (χ1n) is 10.2. The number of aromatic nitrogens is 4. The Morgan fingerprint density at radius 2 is 2.09 bits per heavy atom. The number of aliphatic hydroxyl groups is 1. The number of fused-ring (bicyclic) bond motifs is 1. The van der Waals surface area contributed by atoms with Gasteiger partial charge in [0, 0.05) is 32.1 Å². The van der Waals surface area contributed by atoms with Crippen LogP contribution in [0.25, 0.3) is 5.65 Å². The van der Waals surface area contributed by atoms with E-state index < -0.39 is 6.10 Å². The number of halogens is 1. The van der Waals surface area contributed by atoms with Crippen LogP contribution in [-0.4, -0.2) is 61.9 Å². The van der Waals surface area contributed by atoms with Crippen LogP contribution < -0.4 is 10.6 Å². The van der Waals surface area contributed by atoms with Gasteiger partial charge in [0.15, 0.2) is 17.2 Å². The van der Waals surface area contributed by atoms with Gasteiger partial charge in [-0.3, -0.25) is 4.90 Å². The Bertz CT molecular complexity index is 1230. The number of anilines is 3. The van der Waals surface area contributed by atoms with Gasteiger partial charge in [-0.1, -0.05) is 11.6 Å². The van der Waals surface area contributed by atoms with Gasteiger partial charge in [-0.2, -0.15) is 20.0 Å². The van der Waals surface area contributed by atoms with Crippen molar-refractivity contribution >= 4 is 34.7 Å². The fourth-order valence-electron chi connectivity index (χ4n) is 3.81. The molecule has 0 aliphatic carbocycles. The van der Waals surface area contributed by atoms with Crippen LogP contribution in [0.3, 0.4) is 0 Å². The summed E-state index contributed by atoms with van der Waals surface area (Å²) in [6.07, 6.45) is 1.04. The number of aliphatic hydroxyl groups excluding tert-OH is 1. The second-order valence-electron chi connectivity index (χ2n) is 7.73. The van der Waals surface area contributed by atoms with E-state index in [4.69, 9.17) is 11.6 Å². The zero-order chi connectivity index (χ0) is 22.8. The van der Waals surface area contributed by atoms with Gasteiger partial charge in [-0.15, -0.1) is 5.10 Å². The maximum atomic E-state index is 9.58. The Morgan fingerprint density at radius 3 is 2.75 bits per heavy atom. The molecule has 0 radical (unpaired) electrons. The number of nitrogens with one attached hydrogen (secondary N) is 2. The molecule has 1 atom stereocenters. The maximum absolute atomic E-state index is 9.58. The Kier molecular flexibility index (Phi) is 6.10. The van der Waals surface area contributed by atoms with Crippen molar-refractivity contribution in [2.45, 2.75) is 25.9 Å². The molecule has 164 valence electrons. The van der Waals surface area contributed by atoms with E-state index >= 15 is 0 Å². The standard InChI is InChI=1S/C21H22ClN9O/c1-3-25-19-20-26-8-15(7-24)31(20)29-21(28-19)27-17-5-13(6-23)4-16(18(17)22)14-10-30(11-14)9-12(2)32/h4-5,8,12,14,32H,3,9-11H2,1-2H3,(H2,25,27,28,29)/t12-/m0/s1. The van der Waals surface area contributed by atoms with E-state index in [0.717, 1.165) is 18.7 Å². The van der Waals surface area contributed by atoms with Crippen molar-refractivity contribution < 1.29 is 5.11 Å². The van der Waals surface area contributed by atoms with Crippen molar-refractivity contribution in [2.75, 3.05) is 36.8 Å². The normalized spacial score (nSPS) is 15.1. The Hall–Kier alpha value is -3.44. The molecule has 3 heterocycles. The molecule has 10 nitrogen and oxygen atoms in total. The molecule has 0 saturated carbocycles. The SMILES string of the molecule is CCNc1nc(Nc2cc(C#N)cc(C3CN(C[C@H](C)O)C3)c2Cl)nn2c(C#N)cnc12. The van der Waals surface area contributed by atoms with E-state index in [-0.39, 0.29) is 17.6 Å². The van der Waals surface area contributed by atoms with Gasteiger partial charge >= 0.3 is 0 Å². The molecule has 0 amide bonds. The minimum Gasteiger partial charge on any atom is -0.392 e. The summed E-state index contributed by atoms with van der Waals surface area (Å²) >= 11 is 6.72. The molecule has 0 spiro atoms. The molecule has 3 N–H and O–H groups in total. The number of rotatable bonds is 7. The molecule has 1 aliphatic heterocycles. The van der Waals surface area contributed by atoms with Crippen LogP contribution in [0.4, 0.5) is 17.5 Å². The Balaban J connectivity index is 1.68. The quantitative estimate of drug-likeness (QED) is 0.494. The number of imidazole rings is 1. The van der Waals surface area contributed by atoms with E-state index in [9.17, 15) is 15.6 Å². The van der Waals surface area contributed by atoms with Crippen LogP contribution in [-0.2, 0) is 0 Å². The molecule has 4 rings (SSSR count). The summed E-state index contributed by atoms with van der Waals surface area (Å²) in [5.74, 6) is 0.858. The van der Waals surface area contributed by atoms with Crippen LogP contribution in [0.5, 0.6) is 0 Å². The third kappa shape index (κ3) is 4.16. The zero-order valence-electron chi connectivity index (χ0n) is 17.7. The van der Waals surface area contributed by atoms with E-state index in [0.29, 0.717) is 40.8 Å². The molecular weight excluding hydrogens is 430 g/mol. The van der Waals surface area contributed by atoms with Crippen LogP contribution in [0.1, 0.15) is 36.6 Å². The number of likely N-dealkylation sites (tertiary alicyclic amines) is 1. The lowest BCUT2D eigenvalue weighted by molar-refractivity contribution is 0.0742. The summed E-state index contributed by atoms with van der Waals surface area (Å²) in [5.41, 5.74) is 2.56. The molecule has 11 heteroatoms. The minimum atomic E-state index is -0.395. The van der Waals surface area contributed by atoms with Crippen LogP contribution in [0.2, 0.25) is 5.02 Å². The van der Waals surface area contributed by atoms with Crippen molar-refractivity contribution in [2.24, 2.45) is 0 Å². The molecule has 0 unspecified atom stereocenters. The smallest absolute Gasteiger partial charge is 0.247 e. The molecule has 0 bridgehead atoms. The van der Waals surface area contributed by atoms with Crippen molar-refractivity contribution in [3.05, 3.63) is 40.2 Å². The molecule has 2 aromatic heterocycles. The predicted molar refractivity (Wildman–Crippen MR) is 120 cm³/mol. The number of nitrogens with zero attached hydrogens (tertiary/aromatic N) is 7. The third-order valence-corrected chi connectivity index (χ3v) is 5.64. The van der Waals surface area contributed by atoms with E-state index in [2.05, 4.69) is 42.7 Å². The number of hydrogen-bond acceptors (Lipinski definition) is 9. The first-order valence-corrected chi connectivity index (χ1v) is 10.6. The summed E-state index contributed by atoms with van der Waals surface area (Å²) < 4.78 is 1.41. The minimum absolute atomic E-state index is 0.162. The fraction of sp³-hybridized carbons (Fsp3) is 0.381. The van der Waals surface area contributed by atoms with Crippen molar-refractivity contribution in [3.63, 3.8) is 0 Å². The Morgan fingerprint density at radius 1 is 1.31 bits per heavy atom. The highest BCUT2D eigenvalue weighted by Gasteiger charge is 2.31. The van der Waals surface area contributed by atoms with E-state index in [1.165, 1.54) is 10.7 Å². The monoisotopic (exact) mass is 451 g/mol. The number of benzene rings is 1. The summed E-state index contributed by atoms with van der Waals surface area (Å²) in [6, 6.07) is 7.69. The maximum Gasteiger partial charge on any atom is 0.247 e. The van der Waals surface area contributed by atoms with Gasteiger partial charge in [-0.25, -0.2) is 4.98 Å². The highest BCUT2D eigenvalue weighted by atomic mass is 35.5. The lowest BCUT2D eigenvalue weighted by atomic mass is 9.89. The summed E-state index contributed by atoms with van der Waals surface area (Å²) in [4.78, 5) is 10.8. The van der Waals surface area contributed by atoms with Gasteiger partial charge in [-0.05, 0) is 31.5 Å². The zero-order valence-corrected chi connectivity index (χ0v) is 18.4. The number of hydrogen-bond donors (Lipinski definition) is 3. The molecule has 32 heavy (non-hydrogen) atoms. The van der Waals surface area contributed by atoms with Gasteiger partial charge in [0.1, 0.15) is 6.07 Å². The second-order valence-corrected chi connectivity index (χ2v) is 8.11. The highest BCUT2D eigenvalue weighted by Crippen LogP contribution is 2.38. The van der Waals surface area contributed by atoms with Crippen LogP contribution in [0.15, 0.2) is 18.3 Å². The van der Waals surface area contributed by atoms with Crippen molar-refractivity contribution in [3.8, 4) is 12.1 Å². The molecule has 1 aromatic carbocycles. The topological polar surface area (TPSA) is 138 Å². The molecule has 1 saturated heterocycles. The van der Waals surface area contributed by atoms with Gasteiger partial charge in [0.05, 0.1) is 34.6 Å². The Labute approximate surface area is 190 Å². The molecule has 1 fully saturated rings. The number of β-amino-alcohol motifs (C(OH)–C–C–N with tert-alkyl or cyclic N) is 1. The van der Waals surface area contributed by atoms with Gasteiger partial charge in [0.2, 0.25) is 5.95 Å². The van der Waals surface area contributed by atoms with E-state index in [1.807, 2.05) is 6.92 Å². The highest BCUT2D eigenvalue weighted by molar-refractivity contribution is 6.34. The summed E-state index contributed by atoms with van der Waals surface area (Å²) in [7, 11) is 0. The average Bonchev–Trinajstić information content (AvgIpc) is 3.15. The molecular formula is C21H22ClN9O. The van der Waals surface area contributed by atoms with Crippen molar-refractivity contribution in [1.82, 2.24) is 24.5 Å². The molecule has 1 aliphatic rings. The number of nitriles is 2. The lowest BCUT2D eigenvalue weighted by Gasteiger charge is -2.40. The second kappa shape index (κ2) is 8.97. The van der Waals surface area contributed by atoms with Crippen molar-refractivity contribution in [1.29, 1.82) is 10.5 Å². The third-order valence-electron chi connectivity index (χ3n) is 5.22. The first-order chi connectivity index (χ1) is 15.4. The van der Waals surface area contributed by atoms with Gasteiger partial charge < -0.3 is 15.7 Å². The fourth-order valence-corrected chi connectivity index (χ4v) is 4.12. The van der Waals surface area contributed by atoms with Crippen LogP contribution >= 0.6 is 11.6 Å². The summed E-state index contributed by atoms with van der Waals surface area (Å²) in [5, 5.41) is 39.6. The average molecular weight is 452 g/mol. The summed E-state index contributed by atoms with van der Waals surface area (Å²) in [6.45, 7) is 6.41. The van der Waals surface area contributed by atoms with E-state index in [1.54, 1.807) is 19.1 Å². The first kappa shape index (κ1) is 21.8. The largest absolute Gasteiger partial charge is 0.392 e. The van der Waals surface area contributed by atoms with Gasteiger partial charge in [0.25, 0.3) is 0 Å².